The van der Waals surface area contributed by atoms with Gasteiger partial charge in [0.1, 0.15) is 5.82 Å². The van der Waals surface area contributed by atoms with Crippen molar-refractivity contribution in [2.24, 2.45) is 0 Å². The molecule has 0 aliphatic carbocycles. The number of nitrogens with zero attached hydrogens (tertiary/aromatic N) is 3. The van der Waals surface area contributed by atoms with Gasteiger partial charge in [-0.3, -0.25) is 9.69 Å². The highest BCUT2D eigenvalue weighted by atomic mass is 19.4. The number of anilines is 1. The average molecular weight is 521 g/mol. The minimum atomic E-state index is -4.50. The normalized spacial score (nSPS) is 15.5. The van der Waals surface area contributed by atoms with Gasteiger partial charge in [0.05, 0.1) is 5.56 Å². The Balaban J connectivity index is 1.75. The van der Waals surface area contributed by atoms with Crippen LogP contribution in [0.2, 0.25) is 0 Å². The molecule has 0 saturated heterocycles. The molecule has 2 aromatic rings. The molecule has 38 heavy (non-hydrogen) atoms. The quantitative estimate of drug-likeness (QED) is 0.469. The maximum absolute atomic E-state index is 13.7. The Bertz CT molecular complexity index is 1350. The molecule has 5 nitrogen and oxygen atoms in total. The molecule has 1 N–H and O–H groups in total. The monoisotopic (exact) mass is 520 g/mol. The SMILES string of the molecule is C=C(NC)c1ccc(C2=C3C=C(C(=O)N(c4ccc(C(F)(F)F)cn4)C(C)C)C=CN3CCC(C)=C2)cc1. The molecule has 0 spiro atoms. The number of allylic oxidation sites excluding steroid dienone is 3. The zero-order chi connectivity index (χ0) is 27.6. The topological polar surface area (TPSA) is 48.5 Å². The predicted octanol–water partition coefficient (Wildman–Crippen LogP) is 6.55. The van der Waals surface area contributed by atoms with Crippen LogP contribution in [0.4, 0.5) is 19.0 Å². The van der Waals surface area contributed by atoms with Crippen LogP contribution in [0.15, 0.2) is 90.4 Å². The molecule has 1 amide bonds. The summed E-state index contributed by atoms with van der Waals surface area (Å²) in [4.78, 5) is 21.2. The minimum Gasteiger partial charge on any atom is -0.388 e. The zero-order valence-electron chi connectivity index (χ0n) is 21.9. The van der Waals surface area contributed by atoms with Gasteiger partial charge in [-0.15, -0.1) is 0 Å². The van der Waals surface area contributed by atoms with E-state index in [0.29, 0.717) is 5.57 Å². The van der Waals surface area contributed by atoms with Gasteiger partial charge in [0.15, 0.2) is 0 Å². The number of rotatable bonds is 6. The molecule has 3 heterocycles. The number of carbonyl (C=O) groups excluding carboxylic acids is 1. The fraction of sp³-hybridized carbons (Fsp3) is 0.267. The molecule has 2 aliphatic heterocycles. The third-order valence-corrected chi connectivity index (χ3v) is 6.60. The van der Waals surface area contributed by atoms with Gasteiger partial charge in [-0.1, -0.05) is 42.5 Å². The van der Waals surface area contributed by atoms with Crippen molar-refractivity contribution in [3.8, 4) is 0 Å². The fourth-order valence-corrected chi connectivity index (χ4v) is 4.44. The second-order valence-corrected chi connectivity index (χ2v) is 9.63. The number of hydrogen-bond donors (Lipinski definition) is 1. The minimum absolute atomic E-state index is 0.167. The van der Waals surface area contributed by atoms with Gasteiger partial charge in [0.2, 0.25) is 0 Å². The van der Waals surface area contributed by atoms with Crippen molar-refractivity contribution < 1.29 is 18.0 Å². The van der Waals surface area contributed by atoms with E-state index in [-0.39, 0.29) is 17.8 Å². The Labute approximate surface area is 221 Å². The first-order chi connectivity index (χ1) is 18.0. The van der Waals surface area contributed by atoms with E-state index in [1.54, 1.807) is 19.9 Å². The molecule has 4 rings (SSSR count). The Morgan fingerprint density at radius 1 is 1.13 bits per heavy atom. The van der Waals surface area contributed by atoms with Crippen molar-refractivity contribution in [3.05, 3.63) is 107 Å². The van der Waals surface area contributed by atoms with Gasteiger partial charge in [0.25, 0.3) is 5.91 Å². The van der Waals surface area contributed by atoms with E-state index in [1.165, 1.54) is 16.5 Å². The van der Waals surface area contributed by atoms with E-state index in [1.807, 2.05) is 43.6 Å². The summed E-state index contributed by atoms with van der Waals surface area (Å²) in [6, 6.07) is 9.95. The number of benzene rings is 1. The summed E-state index contributed by atoms with van der Waals surface area (Å²) >= 11 is 0. The van der Waals surface area contributed by atoms with Crippen molar-refractivity contribution >= 4 is 23.0 Å². The number of fused-ring (bicyclic) bond motifs is 1. The number of aromatic nitrogens is 1. The predicted molar refractivity (Wildman–Crippen MR) is 146 cm³/mol. The molecule has 0 saturated carbocycles. The second kappa shape index (κ2) is 10.7. The first-order valence-electron chi connectivity index (χ1n) is 12.4. The number of hydrogen-bond acceptors (Lipinski definition) is 4. The summed E-state index contributed by atoms with van der Waals surface area (Å²) in [5, 5.41) is 3.06. The molecular formula is C30H31F3N4O. The number of pyridine rings is 1. The van der Waals surface area contributed by atoms with E-state index in [9.17, 15) is 18.0 Å². The van der Waals surface area contributed by atoms with Crippen molar-refractivity contribution in [2.75, 3.05) is 18.5 Å². The van der Waals surface area contributed by atoms with E-state index in [2.05, 4.69) is 34.8 Å². The van der Waals surface area contributed by atoms with Crippen LogP contribution in [-0.4, -0.2) is 35.4 Å². The lowest BCUT2D eigenvalue weighted by Gasteiger charge is -2.30. The lowest BCUT2D eigenvalue weighted by Crippen LogP contribution is -2.39. The Morgan fingerprint density at radius 2 is 1.84 bits per heavy atom. The molecular weight excluding hydrogens is 489 g/mol. The highest BCUT2D eigenvalue weighted by molar-refractivity contribution is 6.08. The summed E-state index contributed by atoms with van der Waals surface area (Å²) in [5.74, 6) is -0.165. The molecule has 0 radical (unpaired) electrons. The van der Waals surface area contributed by atoms with Crippen LogP contribution in [0.25, 0.3) is 11.3 Å². The van der Waals surface area contributed by atoms with Crippen molar-refractivity contribution in [3.63, 3.8) is 0 Å². The molecule has 8 heteroatoms. The van der Waals surface area contributed by atoms with Crippen LogP contribution >= 0.6 is 0 Å². The van der Waals surface area contributed by atoms with Gasteiger partial charge >= 0.3 is 6.18 Å². The molecule has 0 fully saturated rings. The van der Waals surface area contributed by atoms with Gasteiger partial charge < -0.3 is 10.2 Å². The van der Waals surface area contributed by atoms with Gasteiger partial charge in [-0.25, -0.2) is 4.98 Å². The summed E-state index contributed by atoms with van der Waals surface area (Å²) < 4.78 is 39.1. The largest absolute Gasteiger partial charge is 0.417 e. The average Bonchev–Trinajstić information content (AvgIpc) is 3.06. The third kappa shape index (κ3) is 5.59. The lowest BCUT2D eigenvalue weighted by molar-refractivity contribution is -0.137. The summed E-state index contributed by atoms with van der Waals surface area (Å²) in [7, 11) is 1.83. The molecule has 0 unspecified atom stereocenters. The highest BCUT2D eigenvalue weighted by Crippen LogP contribution is 2.34. The number of nitrogens with one attached hydrogen (secondary N) is 1. The molecule has 0 bridgehead atoms. The maximum Gasteiger partial charge on any atom is 0.417 e. The molecule has 1 aromatic carbocycles. The van der Waals surface area contributed by atoms with Gasteiger partial charge in [-0.2, -0.15) is 13.2 Å². The smallest absolute Gasteiger partial charge is 0.388 e. The molecule has 0 atom stereocenters. The Morgan fingerprint density at radius 3 is 2.42 bits per heavy atom. The number of alkyl halides is 3. The Hall–Kier alpha value is -4.07. The third-order valence-electron chi connectivity index (χ3n) is 6.60. The van der Waals surface area contributed by atoms with Crippen LogP contribution in [0, 0.1) is 0 Å². The van der Waals surface area contributed by atoms with Crippen molar-refractivity contribution in [1.29, 1.82) is 0 Å². The van der Waals surface area contributed by atoms with Crippen LogP contribution in [0.5, 0.6) is 0 Å². The lowest BCUT2D eigenvalue weighted by atomic mass is 9.97. The summed E-state index contributed by atoms with van der Waals surface area (Å²) in [5.41, 5.74) is 5.47. The van der Waals surface area contributed by atoms with Gasteiger partial charge in [0, 0.05) is 54.6 Å². The standard InChI is InChI=1S/C30H31F3N4O/c1-19(2)37(28-11-10-25(18-35-28)30(31,32)33)29(38)24-13-15-36-14-12-20(3)16-26(27(36)17-24)23-8-6-22(7-9-23)21(4)34-5/h6-11,13,15-19,34H,4,12,14H2,1-3,5H3. The Kier molecular flexibility index (Phi) is 7.62. The van der Waals surface area contributed by atoms with Crippen molar-refractivity contribution in [2.45, 2.75) is 39.4 Å². The van der Waals surface area contributed by atoms with Gasteiger partial charge in [-0.05, 0) is 62.6 Å². The number of halogens is 3. The van der Waals surface area contributed by atoms with E-state index in [0.717, 1.165) is 53.3 Å². The maximum atomic E-state index is 13.7. The summed E-state index contributed by atoms with van der Waals surface area (Å²) in [6.45, 7) is 10.5. The highest BCUT2D eigenvalue weighted by Gasteiger charge is 2.32. The molecule has 2 aliphatic rings. The van der Waals surface area contributed by atoms with Crippen LogP contribution in [-0.2, 0) is 11.0 Å². The van der Waals surface area contributed by atoms with E-state index in [4.69, 9.17) is 0 Å². The van der Waals surface area contributed by atoms with E-state index >= 15 is 0 Å². The van der Waals surface area contributed by atoms with E-state index < -0.39 is 11.7 Å². The van der Waals surface area contributed by atoms with Crippen LogP contribution in [0.3, 0.4) is 0 Å². The first kappa shape index (κ1) is 27.0. The zero-order valence-corrected chi connectivity index (χ0v) is 21.9. The van der Waals surface area contributed by atoms with Crippen molar-refractivity contribution in [1.82, 2.24) is 15.2 Å². The molecule has 198 valence electrons. The van der Waals surface area contributed by atoms with Crippen LogP contribution in [0.1, 0.15) is 43.9 Å². The fourth-order valence-electron chi connectivity index (χ4n) is 4.44. The molecule has 1 aromatic heterocycles. The number of carbonyl (C=O) groups is 1. The number of amides is 1. The summed E-state index contributed by atoms with van der Waals surface area (Å²) in [6.07, 6.45) is 4.78. The van der Waals surface area contributed by atoms with Crippen LogP contribution < -0.4 is 10.2 Å². The first-order valence-corrected chi connectivity index (χ1v) is 12.4. The second-order valence-electron chi connectivity index (χ2n) is 9.63.